The van der Waals surface area contributed by atoms with Crippen LogP contribution in [0.2, 0.25) is 0 Å². The molecule has 1 N–H and O–H groups in total. The number of rotatable bonds is 8. The molecule has 11 nitrogen and oxygen atoms in total. The maximum Gasteiger partial charge on any atom is 0.328 e. The van der Waals surface area contributed by atoms with E-state index in [9.17, 15) is 19.6 Å². The Hall–Kier alpha value is -4.04. The zero-order valence-electron chi connectivity index (χ0n) is 20.2. The van der Waals surface area contributed by atoms with Gasteiger partial charge < -0.3 is 14.4 Å². The molecule has 35 heavy (non-hydrogen) atoms. The molecule has 3 rings (SSSR count). The Bertz CT molecular complexity index is 1160. The molecule has 2 aromatic heterocycles. The van der Waals surface area contributed by atoms with Gasteiger partial charge in [0.25, 0.3) is 0 Å². The van der Waals surface area contributed by atoms with Crippen molar-refractivity contribution in [3.05, 3.63) is 40.7 Å². The van der Waals surface area contributed by atoms with Gasteiger partial charge in [-0.15, -0.1) is 0 Å². The van der Waals surface area contributed by atoms with Crippen molar-refractivity contribution in [3.63, 3.8) is 0 Å². The van der Waals surface area contributed by atoms with E-state index in [1.165, 1.54) is 29.0 Å². The number of methoxy groups -OCH3 is 1. The quantitative estimate of drug-likeness (QED) is 0.569. The highest BCUT2D eigenvalue weighted by atomic mass is 16.5. The number of aldehydes is 1. The molecular formula is C24H28N6O5. The smallest absolute Gasteiger partial charge is 0.328 e. The van der Waals surface area contributed by atoms with Gasteiger partial charge in [-0.05, 0) is 31.4 Å². The summed E-state index contributed by atoms with van der Waals surface area (Å²) in [7, 11) is 3.20. The first kappa shape index (κ1) is 25.6. The number of aryl methyl sites for hydroxylation is 1. The largest absolute Gasteiger partial charge is 0.487 e. The molecule has 0 unspecified atom stereocenters. The van der Waals surface area contributed by atoms with Crippen molar-refractivity contribution in [1.82, 2.24) is 14.9 Å². The van der Waals surface area contributed by atoms with E-state index < -0.39 is 6.03 Å². The van der Waals surface area contributed by atoms with Crippen LogP contribution in [0.4, 0.5) is 16.4 Å². The van der Waals surface area contributed by atoms with Crippen molar-refractivity contribution >= 4 is 29.9 Å². The van der Waals surface area contributed by atoms with Gasteiger partial charge in [0.15, 0.2) is 6.29 Å². The Morgan fingerprint density at radius 2 is 2.17 bits per heavy atom. The molecule has 11 heteroatoms. The number of nitrogens with one attached hydrogen (secondary N) is 1. The van der Waals surface area contributed by atoms with Crippen LogP contribution < -0.4 is 15.0 Å². The lowest BCUT2D eigenvalue weighted by molar-refractivity contribution is -0.128. The van der Waals surface area contributed by atoms with Crippen LogP contribution in [0.25, 0.3) is 0 Å². The summed E-state index contributed by atoms with van der Waals surface area (Å²) >= 11 is 0. The third kappa shape index (κ3) is 6.10. The van der Waals surface area contributed by atoms with Crippen molar-refractivity contribution in [2.75, 3.05) is 37.5 Å². The van der Waals surface area contributed by atoms with Crippen LogP contribution in [0.15, 0.2) is 18.3 Å². The van der Waals surface area contributed by atoms with Crippen LogP contribution in [0.1, 0.15) is 47.4 Å². The number of amides is 3. The molecule has 1 aliphatic heterocycles. The summed E-state index contributed by atoms with van der Waals surface area (Å²) in [5, 5.41) is 12.1. The summed E-state index contributed by atoms with van der Waals surface area (Å²) in [6.07, 6.45) is 3.03. The fraction of sp³-hybridized carbons (Fsp3) is 0.417. The molecule has 0 bridgehead atoms. The summed E-state index contributed by atoms with van der Waals surface area (Å²) in [6, 6.07) is 4.86. The molecule has 184 valence electrons. The third-order valence-electron chi connectivity index (χ3n) is 5.53. The number of aromatic nitrogens is 2. The summed E-state index contributed by atoms with van der Waals surface area (Å²) in [6.45, 7) is 4.22. The number of pyridine rings is 2. The fourth-order valence-corrected chi connectivity index (χ4v) is 3.70. The molecule has 0 aromatic carbocycles. The molecule has 0 radical (unpaired) electrons. The molecule has 3 heterocycles. The highest BCUT2D eigenvalue weighted by molar-refractivity contribution is 6.01. The Morgan fingerprint density at radius 1 is 1.40 bits per heavy atom. The molecule has 2 aromatic rings. The van der Waals surface area contributed by atoms with E-state index in [1.54, 1.807) is 21.1 Å². The zero-order chi connectivity index (χ0) is 25.5. The summed E-state index contributed by atoms with van der Waals surface area (Å²) in [5.74, 6) is 0.748. The minimum absolute atomic E-state index is 0.129. The van der Waals surface area contributed by atoms with Gasteiger partial charge in [-0.2, -0.15) is 5.26 Å². The average Bonchev–Trinajstić information content (AvgIpc) is 2.83. The van der Waals surface area contributed by atoms with Crippen molar-refractivity contribution < 1.29 is 23.9 Å². The number of nitriles is 1. The predicted molar refractivity (Wildman–Crippen MR) is 127 cm³/mol. The maximum atomic E-state index is 13.1. The number of nitrogens with zero attached hydrogens (tertiary/aromatic N) is 5. The Labute approximate surface area is 203 Å². The van der Waals surface area contributed by atoms with Crippen LogP contribution in [0, 0.1) is 11.3 Å². The minimum atomic E-state index is -0.475. The second kappa shape index (κ2) is 11.4. The lowest BCUT2D eigenvalue weighted by Gasteiger charge is -2.29. The van der Waals surface area contributed by atoms with Crippen LogP contribution in [0.3, 0.4) is 0 Å². The van der Waals surface area contributed by atoms with Gasteiger partial charge in [-0.3, -0.25) is 19.8 Å². The minimum Gasteiger partial charge on any atom is -0.487 e. The van der Waals surface area contributed by atoms with Gasteiger partial charge in [0.2, 0.25) is 5.91 Å². The molecule has 0 aliphatic carbocycles. The highest BCUT2D eigenvalue weighted by Crippen LogP contribution is 2.29. The second-order valence-electron chi connectivity index (χ2n) is 8.26. The van der Waals surface area contributed by atoms with Gasteiger partial charge in [-0.25, -0.2) is 14.8 Å². The maximum absolute atomic E-state index is 13.1. The number of urea groups is 1. The van der Waals surface area contributed by atoms with Gasteiger partial charge in [-0.1, -0.05) is 0 Å². The van der Waals surface area contributed by atoms with Crippen LogP contribution >= 0.6 is 0 Å². The Balaban J connectivity index is 1.85. The van der Waals surface area contributed by atoms with Crippen LogP contribution in [-0.4, -0.2) is 66.5 Å². The molecular weight excluding hydrogens is 452 g/mol. The third-order valence-corrected chi connectivity index (χ3v) is 5.53. The van der Waals surface area contributed by atoms with E-state index in [-0.39, 0.29) is 41.4 Å². The normalized spacial score (nSPS) is 13.3. The van der Waals surface area contributed by atoms with Gasteiger partial charge >= 0.3 is 6.03 Å². The lowest BCUT2D eigenvalue weighted by Crippen LogP contribution is -2.40. The fourth-order valence-electron chi connectivity index (χ4n) is 3.70. The molecule has 0 saturated heterocycles. The molecule has 1 atom stereocenters. The molecule has 1 aliphatic rings. The lowest BCUT2D eigenvalue weighted by atomic mass is 10.0. The first-order chi connectivity index (χ1) is 16.8. The zero-order valence-corrected chi connectivity index (χ0v) is 20.2. The van der Waals surface area contributed by atoms with E-state index in [1.807, 2.05) is 12.1 Å². The Kier molecular flexibility index (Phi) is 8.33. The summed E-state index contributed by atoms with van der Waals surface area (Å²) in [5.41, 5.74) is 1.85. The highest BCUT2D eigenvalue weighted by Gasteiger charge is 2.27. The van der Waals surface area contributed by atoms with Crippen molar-refractivity contribution in [1.29, 1.82) is 5.26 Å². The number of fused-ring (bicyclic) bond motifs is 1. The SMILES string of the molecule is COC[C@H](C)Oc1cc(NC(=O)N2CCCc3cc(CN(C)C(C)=O)c(C=O)nc32)ncc1C#N. The number of carbonyl (C=O) groups excluding carboxylic acids is 3. The number of anilines is 2. The van der Waals surface area contributed by atoms with Crippen LogP contribution in [-0.2, 0) is 22.5 Å². The molecule has 0 saturated carbocycles. The standard InChI is InChI=1S/C24H28N6O5/c1-15(14-34-4)35-21-9-22(26-11-19(21)10-25)28-24(33)30-7-5-6-17-8-18(12-29(3)16(2)32)20(13-31)27-23(17)30/h8-9,11,13,15H,5-7,12,14H2,1-4H3,(H,26,28,33)/t15-/m0/s1. The average molecular weight is 481 g/mol. The molecule has 0 fully saturated rings. The van der Waals surface area contributed by atoms with Crippen molar-refractivity contribution in [2.45, 2.75) is 39.3 Å². The first-order valence-electron chi connectivity index (χ1n) is 11.1. The van der Waals surface area contributed by atoms with Gasteiger partial charge in [0.1, 0.15) is 40.8 Å². The van der Waals surface area contributed by atoms with E-state index in [0.29, 0.717) is 43.7 Å². The van der Waals surface area contributed by atoms with Crippen molar-refractivity contribution in [3.8, 4) is 11.8 Å². The number of hydrogen-bond acceptors (Lipinski definition) is 8. The van der Waals surface area contributed by atoms with E-state index in [0.717, 1.165) is 5.56 Å². The van der Waals surface area contributed by atoms with Gasteiger partial charge in [0, 0.05) is 45.8 Å². The van der Waals surface area contributed by atoms with E-state index in [4.69, 9.17) is 9.47 Å². The number of hydrogen-bond donors (Lipinski definition) is 1. The monoisotopic (exact) mass is 480 g/mol. The Morgan fingerprint density at radius 3 is 2.83 bits per heavy atom. The van der Waals surface area contributed by atoms with Crippen molar-refractivity contribution in [2.24, 2.45) is 0 Å². The van der Waals surface area contributed by atoms with Gasteiger partial charge in [0.05, 0.1) is 12.8 Å². The molecule has 3 amide bonds. The molecule has 0 spiro atoms. The summed E-state index contributed by atoms with van der Waals surface area (Å²) in [4.78, 5) is 48.0. The second-order valence-corrected chi connectivity index (χ2v) is 8.26. The van der Waals surface area contributed by atoms with E-state index in [2.05, 4.69) is 15.3 Å². The first-order valence-corrected chi connectivity index (χ1v) is 11.1. The number of ether oxygens (including phenoxy) is 2. The predicted octanol–water partition coefficient (Wildman–Crippen LogP) is 2.54. The summed E-state index contributed by atoms with van der Waals surface area (Å²) < 4.78 is 10.8. The topological polar surface area (TPSA) is 138 Å². The van der Waals surface area contributed by atoms with E-state index >= 15 is 0 Å². The van der Waals surface area contributed by atoms with Crippen LogP contribution in [0.5, 0.6) is 5.75 Å². The number of carbonyl (C=O) groups is 3.